The molecule has 0 aliphatic heterocycles. The molecule has 0 fully saturated rings. The lowest BCUT2D eigenvalue weighted by molar-refractivity contribution is -0.148. The minimum atomic E-state index is -2.07. The summed E-state index contributed by atoms with van der Waals surface area (Å²) in [5, 5.41) is 3.43. The van der Waals surface area contributed by atoms with Gasteiger partial charge in [0.05, 0.1) is 13.0 Å². The van der Waals surface area contributed by atoms with Crippen molar-refractivity contribution in [1.29, 1.82) is 0 Å². The molecule has 0 radical (unpaired) electrons. The summed E-state index contributed by atoms with van der Waals surface area (Å²) < 4.78 is 16.4. The number of methoxy groups -OCH3 is 1. The molecule has 0 rings (SSSR count). The van der Waals surface area contributed by atoms with Gasteiger partial charge in [0, 0.05) is 0 Å². The summed E-state index contributed by atoms with van der Waals surface area (Å²) in [6, 6.07) is 0. The predicted molar refractivity (Wildman–Crippen MR) is 87.0 cm³/mol. The molecule has 0 aromatic carbocycles. The summed E-state index contributed by atoms with van der Waals surface area (Å²) >= 11 is 0. The van der Waals surface area contributed by atoms with Gasteiger partial charge in [-0.2, -0.15) is 0 Å². The van der Waals surface area contributed by atoms with Gasteiger partial charge in [0.25, 0.3) is 0 Å². The van der Waals surface area contributed by atoms with Crippen molar-refractivity contribution >= 4 is 34.4 Å². The van der Waals surface area contributed by atoms with Gasteiger partial charge in [-0.15, -0.1) is 0 Å². The maximum Gasteiger partial charge on any atom is 0.342 e. The van der Waals surface area contributed by atoms with Crippen LogP contribution < -0.4 is 0 Å². The number of hydrogen-bond donors (Lipinski definition) is 0. The Bertz CT molecular complexity index is 494. The van der Waals surface area contributed by atoms with E-state index in [0.29, 0.717) is 6.26 Å². The van der Waals surface area contributed by atoms with Crippen LogP contribution in [0.1, 0.15) is 0 Å². The molecule has 7 nitrogen and oxygen atoms in total. The maximum atomic E-state index is 12.0. The molecule has 0 heterocycles. The highest BCUT2D eigenvalue weighted by Gasteiger charge is 2.34. The van der Waals surface area contributed by atoms with Crippen LogP contribution in [0.3, 0.4) is 0 Å². The van der Waals surface area contributed by atoms with Gasteiger partial charge < -0.3 is 18.4 Å². The maximum absolute atomic E-state index is 12.0. The highest BCUT2D eigenvalue weighted by atomic mass is 28.4. The van der Waals surface area contributed by atoms with E-state index in [1.54, 1.807) is 0 Å². The lowest BCUT2D eigenvalue weighted by atomic mass is 10.3. The van der Waals surface area contributed by atoms with E-state index in [0.717, 1.165) is 0 Å². The first-order valence-electron chi connectivity index (χ1n) is 6.63. The van der Waals surface area contributed by atoms with Crippen LogP contribution >= 0.6 is 0 Å². The first-order chi connectivity index (χ1) is 10.00. The van der Waals surface area contributed by atoms with E-state index < -0.39 is 28.7 Å². The van der Waals surface area contributed by atoms with E-state index in [2.05, 4.69) is 15.9 Å². The monoisotopic (exact) mass is 345 g/mol. The van der Waals surface area contributed by atoms with Crippen LogP contribution in [0.2, 0.25) is 39.3 Å². The van der Waals surface area contributed by atoms with Crippen LogP contribution in [-0.4, -0.2) is 47.6 Å². The van der Waals surface area contributed by atoms with Gasteiger partial charge in [-0.25, -0.2) is 9.59 Å². The summed E-state index contributed by atoms with van der Waals surface area (Å²) in [4.78, 5) is 26.5. The largest absolute Gasteiger partial charge is 0.539 e. The molecule has 0 spiro atoms. The molecule has 22 heavy (non-hydrogen) atoms. The van der Waals surface area contributed by atoms with Crippen molar-refractivity contribution in [2.45, 2.75) is 45.4 Å². The molecule has 0 aliphatic rings. The predicted octanol–water partition coefficient (Wildman–Crippen LogP) is 2.06. The third kappa shape index (κ3) is 9.33. The van der Waals surface area contributed by atoms with Crippen molar-refractivity contribution in [3.05, 3.63) is 12.0 Å². The lowest BCUT2D eigenvalue weighted by Crippen LogP contribution is -2.41. The van der Waals surface area contributed by atoms with Crippen molar-refractivity contribution in [3.63, 3.8) is 0 Å². The molecule has 0 aromatic heterocycles. The van der Waals surface area contributed by atoms with Crippen molar-refractivity contribution < 1.29 is 28.0 Å². The van der Waals surface area contributed by atoms with Crippen LogP contribution in [0.15, 0.2) is 17.2 Å². The van der Waals surface area contributed by atoms with Gasteiger partial charge in [0.1, 0.15) is 0 Å². The Balaban J connectivity index is 5.67. The van der Waals surface area contributed by atoms with Crippen LogP contribution in [0.25, 0.3) is 0 Å². The first-order valence-corrected chi connectivity index (χ1v) is 13.4. The quantitative estimate of drug-likeness (QED) is 0.167. The summed E-state index contributed by atoms with van der Waals surface area (Å²) in [5.41, 5.74) is 0. The summed E-state index contributed by atoms with van der Waals surface area (Å²) in [6.45, 7) is 11.6. The highest BCUT2D eigenvalue weighted by Crippen LogP contribution is 2.19. The Hall–Kier alpha value is -1.64. The van der Waals surface area contributed by atoms with E-state index in [4.69, 9.17) is 13.6 Å². The number of esters is 1. The van der Waals surface area contributed by atoms with Gasteiger partial charge >= 0.3 is 5.97 Å². The number of ether oxygens (including phenoxy) is 1. The van der Waals surface area contributed by atoms with E-state index in [1.165, 1.54) is 13.1 Å². The average molecular weight is 346 g/mol. The second-order valence-electron chi connectivity index (χ2n) is 6.26. The normalized spacial score (nSPS) is 12.3. The van der Waals surface area contributed by atoms with Crippen LogP contribution in [-0.2, 0) is 28.0 Å². The summed E-state index contributed by atoms with van der Waals surface area (Å²) in [7, 11) is -2.87. The van der Waals surface area contributed by atoms with Gasteiger partial charge in [0.15, 0.2) is 20.0 Å². The minimum absolute atomic E-state index is 0.0766. The van der Waals surface area contributed by atoms with E-state index in [9.17, 15) is 9.59 Å². The van der Waals surface area contributed by atoms with Gasteiger partial charge in [-0.1, -0.05) is 0 Å². The van der Waals surface area contributed by atoms with Gasteiger partial charge in [0.2, 0.25) is 20.7 Å². The van der Waals surface area contributed by atoms with Crippen LogP contribution in [0.5, 0.6) is 0 Å². The Kier molecular flexibility index (Phi) is 8.07. The van der Waals surface area contributed by atoms with E-state index >= 15 is 0 Å². The van der Waals surface area contributed by atoms with Crippen molar-refractivity contribution in [3.8, 4) is 0 Å². The Morgan fingerprint density at radius 3 is 2.14 bits per heavy atom. The Morgan fingerprint density at radius 1 is 1.14 bits per heavy atom. The zero-order valence-electron chi connectivity index (χ0n) is 14.1. The van der Waals surface area contributed by atoms with E-state index in [1.807, 2.05) is 39.3 Å². The average Bonchev–Trinajstić information content (AvgIpc) is 2.36. The second-order valence-corrected chi connectivity index (χ2v) is 15.1. The van der Waals surface area contributed by atoms with E-state index in [-0.39, 0.29) is 5.76 Å². The zero-order valence-corrected chi connectivity index (χ0v) is 16.1. The molecule has 0 saturated carbocycles. The molecule has 0 bridgehead atoms. The van der Waals surface area contributed by atoms with Gasteiger partial charge in [-0.3, -0.25) is 0 Å². The molecule has 1 unspecified atom stereocenters. The SMILES string of the molecule is COC(=O)C(O[Si](C)(C)C)C(=C=NOC=C=O)O[Si](C)(C)C. The molecule has 0 N–H and O–H groups in total. The molecular formula is C13H23NO6Si2. The number of nitrogens with zero attached hydrogens (tertiary/aromatic N) is 1. The van der Waals surface area contributed by atoms with Crippen LogP contribution in [0, 0.1) is 0 Å². The molecule has 124 valence electrons. The smallest absolute Gasteiger partial charge is 0.342 e. The molecular weight excluding hydrogens is 322 g/mol. The van der Waals surface area contributed by atoms with Crippen molar-refractivity contribution in [2.75, 3.05) is 7.11 Å². The molecule has 0 aromatic rings. The lowest BCUT2D eigenvalue weighted by Gasteiger charge is -2.28. The first kappa shape index (κ1) is 20.4. The Morgan fingerprint density at radius 2 is 1.73 bits per heavy atom. The number of carbonyl (C=O) groups is 1. The third-order valence-electron chi connectivity index (χ3n) is 1.85. The van der Waals surface area contributed by atoms with Gasteiger partial charge in [-0.05, 0) is 44.4 Å². The fraction of sp³-hybridized carbons (Fsp3) is 0.615. The zero-order chi connectivity index (χ0) is 17.4. The molecule has 0 amide bonds. The van der Waals surface area contributed by atoms with Crippen molar-refractivity contribution in [1.82, 2.24) is 0 Å². The number of rotatable bonds is 8. The van der Waals surface area contributed by atoms with Crippen LogP contribution in [0.4, 0.5) is 0 Å². The minimum Gasteiger partial charge on any atom is -0.539 e. The topological polar surface area (TPSA) is 83.4 Å². The fourth-order valence-corrected chi connectivity index (χ4v) is 2.98. The summed E-state index contributed by atoms with van der Waals surface area (Å²) in [5.74, 6) is 3.34. The van der Waals surface area contributed by atoms with Crippen molar-refractivity contribution in [2.24, 2.45) is 5.16 Å². The standard InChI is InChI=1S/C13H23NO6Si2/c1-17-13(16)12(20-22(5,6)7)11(19-21(2,3)4)10-14-18-9-8-15/h9,12H,1-7H3. The molecule has 1 atom stereocenters. The molecule has 0 saturated heterocycles. The fourth-order valence-electron chi connectivity index (χ4n) is 1.25. The third-order valence-corrected chi connectivity index (χ3v) is 3.63. The molecule has 9 heteroatoms. The number of carbonyl (C=O) groups excluding carboxylic acids is 2. The number of hydrogen-bond acceptors (Lipinski definition) is 7. The molecule has 0 aliphatic carbocycles. The second kappa shape index (κ2) is 8.72. The Labute approximate surface area is 132 Å². The highest BCUT2D eigenvalue weighted by molar-refractivity contribution is 6.70. The summed E-state index contributed by atoms with van der Waals surface area (Å²) in [6.07, 6.45) is -0.359.